The second kappa shape index (κ2) is 8.55. The van der Waals surface area contributed by atoms with Gasteiger partial charge in [-0.1, -0.05) is 29.8 Å². The number of hydrogen-bond acceptors (Lipinski definition) is 6. The Morgan fingerprint density at radius 1 is 1.13 bits per heavy atom. The Balaban J connectivity index is 1.39. The van der Waals surface area contributed by atoms with Crippen LogP contribution >= 0.6 is 11.3 Å². The SMILES string of the molecule is Cc1ccc(CNC2CCN(c3ccc(S(=O)(=O)Nc4nccs4)cc3)C2=O)cc1. The van der Waals surface area contributed by atoms with E-state index in [0.717, 1.165) is 5.56 Å². The number of thiazole rings is 1. The second-order valence-electron chi connectivity index (χ2n) is 7.13. The number of benzene rings is 2. The molecule has 2 aromatic carbocycles. The summed E-state index contributed by atoms with van der Waals surface area (Å²) < 4.78 is 27.4. The molecule has 1 atom stereocenters. The molecule has 0 spiro atoms. The third kappa shape index (κ3) is 4.53. The number of amides is 1. The number of rotatable bonds is 7. The van der Waals surface area contributed by atoms with Gasteiger partial charge in [-0.15, -0.1) is 11.3 Å². The molecule has 3 aromatic rings. The average molecular weight is 443 g/mol. The number of carbonyl (C=O) groups excluding carboxylic acids is 1. The van der Waals surface area contributed by atoms with Gasteiger partial charge in [0.2, 0.25) is 5.91 Å². The predicted octanol–water partition coefficient (Wildman–Crippen LogP) is 3.15. The van der Waals surface area contributed by atoms with Crippen LogP contribution in [0.25, 0.3) is 0 Å². The first-order valence-electron chi connectivity index (χ1n) is 9.55. The Kier molecular flexibility index (Phi) is 5.85. The molecular formula is C21H22N4O3S2. The van der Waals surface area contributed by atoms with Gasteiger partial charge in [0.1, 0.15) is 0 Å². The molecular weight excluding hydrogens is 420 g/mol. The molecule has 9 heteroatoms. The maximum absolute atomic E-state index is 12.8. The van der Waals surface area contributed by atoms with Gasteiger partial charge in [0, 0.05) is 30.4 Å². The molecule has 1 aromatic heterocycles. The largest absolute Gasteiger partial charge is 0.311 e. The molecule has 7 nitrogen and oxygen atoms in total. The highest BCUT2D eigenvalue weighted by Crippen LogP contribution is 2.25. The third-order valence-electron chi connectivity index (χ3n) is 4.99. The fraction of sp³-hybridized carbons (Fsp3) is 0.238. The standard InChI is InChI=1S/C21H22N4O3S2/c1-15-2-4-16(5-3-15)14-23-19-10-12-25(20(19)26)17-6-8-18(9-7-17)30(27,28)24-21-22-11-13-29-21/h2-9,11,13,19,23H,10,12,14H2,1H3,(H,22,24). The number of carbonyl (C=O) groups is 1. The lowest BCUT2D eigenvalue weighted by Crippen LogP contribution is -2.38. The van der Waals surface area contributed by atoms with Gasteiger partial charge in [-0.3, -0.25) is 9.52 Å². The number of aromatic nitrogens is 1. The monoisotopic (exact) mass is 442 g/mol. The molecule has 0 bridgehead atoms. The quantitative estimate of drug-likeness (QED) is 0.587. The van der Waals surface area contributed by atoms with Gasteiger partial charge in [-0.05, 0) is 43.2 Å². The molecule has 1 saturated heterocycles. The number of nitrogens with one attached hydrogen (secondary N) is 2. The molecule has 2 N–H and O–H groups in total. The summed E-state index contributed by atoms with van der Waals surface area (Å²) in [5.74, 6) is -0.00127. The highest BCUT2D eigenvalue weighted by molar-refractivity contribution is 7.93. The minimum atomic E-state index is -3.71. The van der Waals surface area contributed by atoms with Crippen LogP contribution in [-0.2, 0) is 21.4 Å². The van der Waals surface area contributed by atoms with Crippen LogP contribution in [0.2, 0.25) is 0 Å². The average Bonchev–Trinajstić information content (AvgIpc) is 3.37. The summed E-state index contributed by atoms with van der Waals surface area (Å²) in [4.78, 5) is 18.6. The van der Waals surface area contributed by atoms with Crippen molar-refractivity contribution >= 4 is 38.1 Å². The highest BCUT2D eigenvalue weighted by atomic mass is 32.2. The van der Waals surface area contributed by atoms with Crippen LogP contribution in [0.3, 0.4) is 0 Å². The Labute approximate surface area is 179 Å². The summed E-state index contributed by atoms with van der Waals surface area (Å²) in [6.45, 7) is 3.26. The van der Waals surface area contributed by atoms with Gasteiger partial charge in [0.25, 0.3) is 10.0 Å². The molecule has 30 heavy (non-hydrogen) atoms. The van der Waals surface area contributed by atoms with E-state index in [0.29, 0.717) is 30.3 Å². The summed E-state index contributed by atoms with van der Waals surface area (Å²) in [5, 5.41) is 5.34. The zero-order valence-corrected chi connectivity index (χ0v) is 18.0. The van der Waals surface area contributed by atoms with Crippen LogP contribution < -0.4 is 14.9 Å². The Hall–Kier alpha value is -2.75. The highest BCUT2D eigenvalue weighted by Gasteiger charge is 2.32. The fourth-order valence-electron chi connectivity index (χ4n) is 3.33. The fourth-order valence-corrected chi connectivity index (χ4v) is 5.11. The number of anilines is 2. The lowest BCUT2D eigenvalue weighted by atomic mass is 10.1. The summed E-state index contributed by atoms with van der Waals surface area (Å²) >= 11 is 1.21. The van der Waals surface area contributed by atoms with Crippen molar-refractivity contribution in [1.82, 2.24) is 10.3 Å². The minimum Gasteiger partial charge on any atom is -0.311 e. The van der Waals surface area contributed by atoms with Crippen molar-refractivity contribution in [2.24, 2.45) is 0 Å². The van der Waals surface area contributed by atoms with E-state index in [4.69, 9.17) is 0 Å². The zero-order chi connectivity index (χ0) is 21.1. The lowest BCUT2D eigenvalue weighted by Gasteiger charge is -2.18. The third-order valence-corrected chi connectivity index (χ3v) is 7.16. The van der Waals surface area contributed by atoms with Crippen molar-refractivity contribution < 1.29 is 13.2 Å². The molecule has 1 aliphatic heterocycles. The Morgan fingerprint density at radius 3 is 2.53 bits per heavy atom. The first-order chi connectivity index (χ1) is 14.4. The number of hydrogen-bond donors (Lipinski definition) is 2. The van der Waals surface area contributed by atoms with E-state index in [2.05, 4.69) is 39.3 Å². The van der Waals surface area contributed by atoms with Crippen molar-refractivity contribution in [3.63, 3.8) is 0 Å². The number of sulfonamides is 1. The van der Waals surface area contributed by atoms with Crippen LogP contribution in [0.15, 0.2) is 65.0 Å². The van der Waals surface area contributed by atoms with E-state index in [1.54, 1.807) is 22.4 Å². The summed E-state index contributed by atoms with van der Waals surface area (Å²) in [7, 11) is -3.71. The van der Waals surface area contributed by atoms with Crippen LogP contribution in [0.1, 0.15) is 17.5 Å². The van der Waals surface area contributed by atoms with Gasteiger partial charge >= 0.3 is 0 Å². The molecule has 156 valence electrons. The van der Waals surface area contributed by atoms with E-state index >= 15 is 0 Å². The number of nitrogens with zero attached hydrogens (tertiary/aromatic N) is 2. The normalized spacial score (nSPS) is 16.8. The maximum atomic E-state index is 12.8. The van der Waals surface area contributed by atoms with Gasteiger partial charge in [0.05, 0.1) is 10.9 Å². The van der Waals surface area contributed by atoms with Crippen molar-refractivity contribution in [1.29, 1.82) is 0 Å². The maximum Gasteiger partial charge on any atom is 0.263 e. The Bertz CT molecular complexity index is 1110. The molecule has 0 radical (unpaired) electrons. The van der Waals surface area contributed by atoms with E-state index in [9.17, 15) is 13.2 Å². The first-order valence-corrected chi connectivity index (χ1v) is 11.9. The van der Waals surface area contributed by atoms with E-state index < -0.39 is 10.0 Å². The van der Waals surface area contributed by atoms with E-state index in [1.807, 2.05) is 6.92 Å². The molecule has 1 fully saturated rings. The molecule has 1 amide bonds. The van der Waals surface area contributed by atoms with Crippen molar-refractivity contribution in [2.45, 2.75) is 30.8 Å². The van der Waals surface area contributed by atoms with E-state index in [1.165, 1.54) is 35.2 Å². The molecule has 0 saturated carbocycles. The molecule has 4 rings (SSSR count). The van der Waals surface area contributed by atoms with Crippen LogP contribution in [-0.4, -0.2) is 31.9 Å². The molecule has 2 heterocycles. The van der Waals surface area contributed by atoms with Crippen molar-refractivity contribution in [3.05, 3.63) is 71.2 Å². The predicted molar refractivity (Wildman–Crippen MR) is 118 cm³/mol. The molecule has 0 aliphatic carbocycles. The van der Waals surface area contributed by atoms with Gasteiger partial charge in [-0.25, -0.2) is 13.4 Å². The smallest absolute Gasteiger partial charge is 0.263 e. The van der Waals surface area contributed by atoms with E-state index in [-0.39, 0.29) is 16.8 Å². The van der Waals surface area contributed by atoms with Crippen molar-refractivity contribution in [2.75, 3.05) is 16.2 Å². The molecule has 1 aliphatic rings. The topological polar surface area (TPSA) is 91.4 Å². The summed E-state index contributed by atoms with van der Waals surface area (Å²) in [5.41, 5.74) is 3.02. The van der Waals surface area contributed by atoms with Crippen LogP contribution in [0.4, 0.5) is 10.8 Å². The summed E-state index contributed by atoms with van der Waals surface area (Å²) in [6.07, 6.45) is 2.24. The Morgan fingerprint density at radius 2 is 1.87 bits per heavy atom. The van der Waals surface area contributed by atoms with Gasteiger partial charge < -0.3 is 10.2 Å². The second-order valence-corrected chi connectivity index (χ2v) is 9.71. The van der Waals surface area contributed by atoms with Crippen LogP contribution in [0, 0.1) is 6.92 Å². The van der Waals surface area contributed by atoms with Gasteiger partial charge in [-0.2, -0.15) is 0 Å². The molecule has 1 unspecified atom stereocenters. The zero-order valence-electron chi connectivity index (χ0n) is 16.4. The van der Waals surface area contributed by atoms with Crippen LogP contribution in [0.5, 0.6) is 0 Å². The summed E-state index contributed by atoms with van der Waals surface area (Å²) in [6, 6.07) is 14.3. The first kappa shape index (κ1) is 20.5. The number of aryl methyl sites for hydroxylation is 1. The minimum absolute atomic E-state index is 0.00127. The lowest BCUT2D eigenvalue weighted by molar-refractivity contribution is -0.118. The van der Waals surface area contributed by atoms with Gasteiger partial charge in [0.15, 0.2) is 5.13 Å². The van der Waals surface area contributed by atoms with Crippen molar-refractivity contribution in [3.8, 4) is 0 Å².